The number of alkyl halides is 3. The largest absolute Gasteiger partial charge is 0.416 e. The van der Waals surface area contributed by atoms with Gasteiger partial charge >= 0.3 is 6.18 Å². The first kappa shape index (κ1) is 24.9. The predicted molar refractivity (Wildman–Crippen MR) is 119 cm³/mol. The predicted octanol–water partition coefficient (Wildman–Crippen LogP) is 3.52. The van der Waals surface area contributed by atoms with Crippen molar-refractivity contribution in [2.45, 2.75) is 43.9 Å². The molecule has 182 valence electrons. The van der Waals surface area contributed by atoms with Crippen LogP contribution in [-0.2, 0) is 11.0 Å². The number of amides is 1. The number of nitrogens with one attached hydrogen (secondary N) is 3. The minimum Gasteiger partial charge on any atom is -0.383 e. The first-order valence-corrected chi connectivity index (χ1v) is 11.0. The van der Waals surface area contributed by atoms with Gasteiger partial charge in [0, 0.05) is 43.4 Å². The molecule has 0 aromatic heterocycles. The van der Waals surface area contributed by atoms with Crippen LogP contribution in [0.3, 0.4) is 0 Å². The van der Waals surface area contributed by atoms with Crippen molar-refractivity contribution in [2.75, 3.05) is 32.0 Å². The van der Waals surface area contributed by atoms with E-state index in [9.17, 15) is 22.4 Å². The van der Waals surface area contributed by atoms with E-state index < -0.39 is 23.6 Å². The summed E-state index contributed by atoms with van der Waals surface area (Å²) in [5.74, 6) is -1.67. The van der Waals surface area contributed by atoms with E-state index >= 15 is 0 Å². The van der Waals surface area contributed by atoms with Gasteiger partial charge in [-0.3, -0.25) is 10.2 Å². The fraction of sp³-hybridized carbons (Fsp3) is 0.524. The van der Waals surface area contributed by atoms with Crippen molar-refractivity contribution in [1.29, 1.82) is 5.41 Å². The van der Waals surface area contributed by atoms with Crippen molar-refractivity contribution < 1.29 is 22.4 Å². The number of hydrogen-bond acceptors (Lipinski definition) is 5. The Morgan fingerprint density at radius 1 is 1.21 bits per heavy atom. The molecule has 2 saturated heterocycles. The summed E-state index contributed by atoms with van der Waals surface area (Å²) in [6.45, 7) is 1.23. The number of carbonyl (C=O) groups is 1. The number of amidine groups is 1. The molecule has 3 rings (SSSR count). The van der Waals surface area contributed by atoms with Crippen molar-refractivity contribution in [3.63, 3.8) is 0 Å². The summed E-state index contributed by atoms with van der Waals surface area (Å²) in [7, 11) is 1.46. The first-order valence-electron chi connectivity index (χ1n) is 10.6. The molecule has 0 spiro atoms. The minimum absolute atomic E-state index is 0.0789. The third kappa shape index (κ3) is 5.82. The molecule has 12 heteroatoms. The number of nitrogens with two attached hydrogens (primary N) is 1. The van der Waals surface area contributed by atoms with Crippen LogP contribution in [0.25, 0.3) is 0 Å². The smallest absolute Gasteiger partial charge is 0.383 e. The standard InChI is InChI=1S/C21H27ClF4N6O/c1-29-18(27)17(23)19(28)31-6-2-4-15(11-31)32-7-3-5-16(20(32)33)30-14-9-12(21(24,25)26)8-13(22)10-14/h8-10,15-16,28-30H,2-7,11,27H2,1H3/b18-17+,28-19?/t15-,16-/m1/s1. The Labute approximate surface area is 194 Å². The van der Waals surface area contributed by atoms with Gasteiger partial charge in [-0.2, -0.15) is 17.6 Å². The average Bonchev–Trinajstić information content (AvgIpc) is 2.78. The highest BCUT2D eigenvalue weighted by molar-refractivity contribution is 6.31. The maximum Gasteiger partial charge on any atom is 0.416 e. The van der Waals surface area contributed by atoms with Crippen LogP contribution in [0.5, 0.6) is 0 Å². The van der Waals surface area contributed by atoms with Gasteiger partial charge < -0.3 is 26.2 Å². The van der Waals surface area contributed by atoms with Crippen molar-refractivity contribution in [2.24, 2.45) is 5.73 Å². The van der Waals surface area contributed by atoms with Crippen LogP contribution in [0.2, 0.25) is 5.02 Å². The monoisotopic (exact) mass is 490 g/mol. The van der Waals surface area contributed by atoms with E-state index in [0.717, 1.165) is 12.1 Å². The highest BCUT2D eigenvalue weighted by Crippen LogP contribution is 2.34. The van der Waals surface area contributed by atoms with Gasteiger partial charge in [0.15, 0.2) is 5.84 Å². The summed E-state index contributed by atoms with van der Waals surface area (Å²) in [5.41, 5.74) is 4.77. The molecule has 2 aliphatic rings. The average molecular weight is 491 g/mol. The van der Waals surface area contributed by atoms with Crippen LogP contribution in [0, 0.1) is 5.41 Å². The van der Waals surface area contributed by atoms with Crippen LogP contribution < -0.4 is 16.4 Å². The normalized spacial score (nSPS) is 22.7. The third-order valence-corrected chi connectivity index (χ3v) is 6.12. The lowest BCUT2D eigenvalue weighted by Crippen LogP contribution is -2.57. The van der Waals surface area contributed by atoms with Crippen LogP contribution in [0.1, 0.15) is 31.2 Å². The molecule has 7 nitrogen and oxygen atoms in total. The number of halogens is 5. The number of rotatable bonds is 5. The summed E-state index contributed by atoms with van der Waals surface area (Å²) in [4.78, 5) is 16.4. The van der Waals surface area contributed by atoms with E-state index in [1.807, 2.05) is 0 Å². The molecule has 2 fully saturated rings. The number of likely N-dealkylation sites (tertiary alicyclic amines) is 2. The van der Waals surface area contributed by atoms with Crippen LogP contribution >= 0.6 is 11.6 Å². The molecule has 1 aromatic carbocycles. The highest BCUT2D eigenvalue weighted by Gasteiger charge is 2.37. The Morgan fingerprint density at radius 2 is 1.91 bits per heavy atom. The molecule has 0 saturated carbocycles. The number of nitrogens with zero attached hydrogens (tertiary/aromatic N) is 2. The summed E-state index contributed by atoms with van der Waals surface area (Å²) < 4.78 is 53.7. The Bertz CT molecular complexity index is 938. The Morgan fingerprint density at radius 3 is 2.58 bits per heavy atom. The van der Waals surface area contributed by atoms with Gasteiger partial charge in [0.2, 0.25) is 11.7 Å². The zero-order chi connectivity index (χ0) is 24.3. The maximum absolute atomic E-state index is 14.3. The van der Waals surface area contributed by atoms with E-state index in [1.54, 1.807) is 9.80 Å². The molecule has 0 aliphatic carbocycles. The summed E-state index contributed by atoms with van der Waals surface area (Å²) in [6.07, 6.45) is -2.09. The molecular formula is C21H27ClF4N6O. The van der Waals surface area contributed by atoms with Crippen LogP contribution in [0.4, 0.5) is 23.2 Å². The van der Waals surface area contributed by atoms with Gasteiger partial charge in [-0.1, -0.05) is 11.6 Å². The molecule has 1 aromatic rings. The molecule has 5 N–H and O–H groups in total. The fourth-order valence-corrected chi connectivity index (χ4v) is 4.46. The number of anilines is 1. The van der Waals surface area contributed by atoms with Crippen molar-refractivity contribution in [1.82, 2.24) is 15.1 Å². The lowest BCUT2D eigenvalue weighted by atomic mass is 9.97. The molecule has 0 unspecified atom stereocenters. The first-order chi connectivity index (χ1) is 15.5. The number of carbonyl (C=O) groups excluding carboxylic acids is 1. The lowest BCUT2D eigenvalue weighted by Gasteiger charge is -2.43. The second-order valence-electron chi connectivity index (χ2n) is 8.17. The Balaban J connectivity index is 1.72. The van der Waals surface area contributed by atoms with E-state index in [-0.39, 0.29) is 40.9 Å². The summed E-state index contributed by atoms with van der Waals surface area (Å²) >= 11 is 5.86. The van der Waals surface area contributed by atoms with Crippen molar-refractivity contribution >= 4 is 29.0 Å². The quantitative estimate of drug-likeness (QED) is 0.288. The highest BCUT2D eigenvalue weighted by atomic mass is 35.5. The number of hydrogen-bond donors (Lipinski definition) is 4. The molecule has 0 bridgehead atoms. The van der Waals surface area contributed by atoms with Crippen LogP contribution in [-0.4, -0.2) is 60.3 Å². The fourth-order valence-electron chi connectivity index (χ4n) is 4.22. The third-order valence-electron chi connectivity index (χ3n) is 5.91. The second kappa shape index (κ2) is 10.1. The molecular weight excluding hydrogens is 464 g/mol. The van der Waals surface area contributed by atoms with E-state index in [1.165, 1.54) is 13.1 Å². The van der Waals surface area contributed by atoms with Crippen LogP contribution in [0.15, 0.2) is 29.8 Å². The van der Waals surface area contributed by atoms with Gasteiger partial charge in [0.1, 0.15) is 11.9 Å². The van der Waals surface area contributed by atoms with Gasteiger partial charge in [0.25, 0.3) is 0 Å². The molecule has 2 heterocycles. The minimum atomic E-state index is -4.56. The van der Waals surface area contributed by atoms with Gasteiger partial charge in [0.05, 0.1) is 5.56 Å². The van der Waals surface area contributed by atoms with Gasteiger partial charge in [-0.05, 0) is 43.9 Å². The molecule has 33 heavy (non-hydrogen) atoms. The Kier molecular flexibility index (Phi) is 7.61. The van der Waals surface area contributed by atoms with Crippen molar-refractivity contribution in [3.8, 4) is 0 Å². The number of benzene rings is 1. The zero-order valence-corrected chi connectivity index (χ0v) is 18.9. The number of piperidine rings is 2. The van der Waals surface area contributed by atoms with E-state index in [4.69, 9.17) is 22.7 Å². The molecule has 1 amide bonds. The Hall–Kier alpha value is -2.69. The van der Waals surface area contributed by atoms with Gasteiger partial charge in [-0.15, -0.1) is 0 Å². The summed E-state index contributed by atoms with van der Waals surface area (Å²) in [5, 5.41) is 13.4. The zero-order valence-electron chi connectivity index (χ0n) is 18.1. The molecule has 2 atom stereocenters. The molecule has 2 aliphatic heterocycles. The SMILES string of the molecule is CN/C(N)=C(/F)C(=N)N1CCC[C@@H](N2CCC[C@@H](Nc3cc(Cl)cc(C(F)(F)F)c3)C2=O)C1. The summed E-state index contributed by atoms with van der Waals surface area (Å²) in [6, 6.07) is 2.17. The lowest BCUT2D eigenvalue weighted by molar-refractivity contribution is -0.138. The van der Waals surface area contributed by atoms with E-state index in [2.05, 4.69) is 10.6 Å². The maximum atomic E-state index is 14.3. The van der Waals surface area contributed by atoms with E-state index in [0.29, 0.717) is 38.8 Å². The van der Waals surface area contributed by atoms with Gasteiger partial charge in [-0.25, -0.2) is 0 Å². The molecule has 0 radical (unpaired) electrons. The topological polar surface area (TPSA) is 97.5 Å². The second-order valence-corrected chi connectivity index (χ2v) is 8.60. The van der Waals surface area contributed by atoms with Crippen molar-refractivity contribution in [3.05, 3.63) is 40.4 Å².